The van der Waals surface area contributed by atoms with Gasteiger partial charge in [-0.15, -0.1) is 0 Å². The summed E-state index contributed by atoms with van der Waals surface area (Å²) >= 11 is 0. The topological polar surface area (TPSA) is 105 Å². The monoisotopic (exact) mass is 384 g/mol. The van der Waals surface area contributed by atoms with Crippen LogP contribution in [0.3, 0.4) is 0 Å². The van der Waals surface area contributed by atoms with Crippen molar-refractivity contribution in [1.82, 2.24) is 15.5 Å². The first kappa shape index (κ1) is 19.1. The molecule has 1 saturated heterocycles. The van der Waals surface area contributed by atoms with E-state index in [1.54, 1.807) is 4.90 Å². The molecule has 150 valence electrons. The molecule has 3 amide bonds. The molecule has 2 aliphatic heterocycles. The molecule has 1 aromatic carbocycles. The predicted octanol–water partition coefficient (Wildman–Crippen LogP) is 1.06. The van der Waals surface area contributed by atoms with Crippen molar-refractivity contribution >= 4 is 17.7 Å². The minimum atomic E-state index is -0.564. The van der Waals surface area contributed by atoms with Crippen molar-refractivity contribution in [2.24, 2.45) is 11.1 Å². The van der Waals surface area contributed by atoms with Crippen LogP contribution in [-0.2, 0) is 22.7 Å². The van der Waals surface area contributed by atoms with Crippen molar-refractivity contribution in [1.29, 1.82) is 0 Å². The van der Waals surface area contributed by atoms with Crippen LogP contribution in [0.4, 0.5) is 0 Å². The molecule has 7 nitrogen and oxygen atoms in total. The summed E-state index contributed by atoms with van der Waals surface area (Å²) in [6, 6.07) is 5.38. The minimum absolute atomic E-state index is 0.124. The molecular formula is C21H28N4O3. The van der Waals surface area contributed by atoms with E-state index in [9.17, 15) is 14.4 Å². The van der Waals surface area contributed by atoms with E-state index in [-0.39, 0.29) is 29.6 Å². The van der Waals surface area contributed by atoms with Gasteiger partial charge in [0, 0.05) is 31.6 Å². The number of piperidine rings is 1. The molecule has 0 aromatic heterocycles. The van der Waals surface area contributed by atoms with Gasteiger partial charge in [0.2, 0.25) is 11.8 Å². The number of hydrogen-bond acceptors (Lipinski definition) is 5. The first-order valence-electron chi connectivity index (χ1n) is 10.2. The predicted molar refractivity (Wildman–Crippen MR) is 104 cm³/mol. The molecule has 28 heavy (non-hydrogen) atoms. The maximum Gasteiger partial charge on any atom is 0.255 e. The van der Waals surface area contributed by atoms with E-state index in [1.165, 1.54) is 25.7 Å². The first-order valence-corrected chi connectivity index (χ1v) is 10.2. The third-order valence-corrected chi connectivity index (χ3v) is 6.52. The fourth-order valence-electron chi connectivity index (χ4n) is 4.76. The van der Waals surface area contributed by atoms with Gasteiger partial charge in [-0.3, -0.25) is 19.7 Å². The SMILES string of the molecule is NCC1(CNCc2ccc3c(c2)C(=O)N(C2CCC(=O)NC2=O)C3)CCCC1. The lowest BCUT2D eigenvalue weighted by molar-refractivity contribution is -0.136. The summed E-state index contributed by atoms with van der Waals surface area (Å²) < 4.78 is 0. The van der Waals surface area contributed by atoms with E-state index in [2.05, 4.69) is 10.6 Å². The number of imide groups is 1. The standard InChI is InChI=1S/C21H28N4O3/c22-12-21(7-1-2-8-21)13-23-10-14-3-4-15-11-25(20(28)16(15)9-14)17-5-6-18(26)24-19(17)27/h3-4,9,17,23H,1-2,5-8,10-13,22H2,(H,24,26,27). The van der Waals surface area contributed by atoms with E-state index < -0.39 is 6.04 Å². The van der Waals surface area contributed by atoms with Crippen LogP contribution in [0.1, 0.15) is 60.0 Å². The second-order valence-electron chi connectivity index (χ2n) is 8.41. The zero-order chi connectivity index (χ0) is 19.7. The third kappa shape index (κ3) is 3.56. The molecule has 4 rings (SSSR count). The Balaban J connectivity index is 1.40. The molecule has 1 saturated carbocycles. The number of nitrogens with one attached hydrogen (secondary N) is 2. The van der Waals surface area contributed by atoms with Crippen LogP contribution in [0.2, 0.25) is 0 Å². The summed E-state index contributed by atoms with van der Waals surface area (Å²) in [7, 11) is 0. The number of fused-ring (bicyclic) bond motifs is 1. The molecule has 2 heterocycles. The fraction of sp³-hybridized carbons (Fsp3) is 0.571. The Morgan fingerprint density at radius 1 is 1.21 bits per heavy atom. The normalized spacial score (nSPS) is 23.8. The molecule has 4 N–H and O–H groups in total. The Bertz CT molecular complexity index is 801. The van der Waals surface area contributed by atoms with E-state index in [4.69, 9.17) is 5.73 Å². The number of amides is 3. The van der Waals surface area contributed by atoms with Gasteiger partial charge in [-0.1, -0.05) is 25.0 Å². The van der Waals surface area contributed by atoms with Gasteiger partial charge in [-0.25, -0.2) is 0 Å². The van der Waals surface area contributed by atoms with Crippen LogP contribution < -0.4 is 16.4 Å². The number of rotatable bonds is 6. The number of benzene rings is 1. The van der Waals surface area contributed by atoms with E-state index in [0.717, 1.165) is 17.7 Å². The van der Waals surface area contributed by atoms with Crippen molar-refractivity contribution in [3.63, 3.8) is 0 Å². The molecule has 1 unspecified atom stereocenters. The van der Waals surface area contributed by atoms with Crippen LogP contribution in [-0.4, -0.2) is 41.8 Å². The lowest BCUT2D eigenvalue weighted by atomic mass is 9.86. The van der Waals surface area contributed by atoms with Crippen LogP contribution in [0.15, 0.2) is 18.2 Å². The van der Waals surface area contributed by atoms with E-state index in [0.29, 0.717) is 31.6 Å². The number of carbonyl (C=O) groups is 3. The average molecular weight is 384 g/mol. The minimum Gasteiger partial charge on any atom is -0.330 e. The second kappa shape index (κ2) is 7.64. The molecule has 1 aliphatic carbocycles. The van der Waals surface area contributed by atoms with Gasteiger partial charge in [-0.05, 0) is 48.4 Å². The van der Waals surface area contributed by atoms with Gasteiger partial charge >= 0.3 is 0 Å². The molecule has 2 fully saturated rings. The van der Waals surface area contributed by atoms with Crippen molar-refractivity contribution in [2.45, 2.75) is 57.7 Å². The summed E-state index contributed by atoms with van der Waals surface area (Å²) in [5.74, 6) is -0.764. The maximum absolute atomic E-state index is 12.9. The van der Waals surface area contributed by atoms with Crippen LogP contribution in [0.5, 0.6) is 0 Å². The molecule has 0 spiro atoms. The van der Waals surface area contributed by atoms with Gasteiger partial charge in [0.15, 0.2) is 0 Å². The largest absolute Gasteiger partial charge is 0.330 e. The van der Waals surface area contributed by atoms with E-state index >= 15 is 0 Å². The summed E-state index contributed by atoms with van der Waals surface area (Å²) in [6.45, 7) is 2.73. The smallest absolute Gasteiger partial charge is 0.255 e. The highest BCUT2D eigenvalue weighted by Gasteiger charge is 2.39. The number of carbonyl (C=O) groups excluding carboxylic acids is 3. The highest BCUT2D eigenvalue weighted by atomic mass is 16.2. The first-order chi connectivity index (χ1) is 13.5. The quantitative estimate of drug-likeness (QED) is 0.636. The number of nitrogens with two attached hydrogens (primary N) is 1. The zero-order valence-corrected chi connectivity index (χ0v) is 16.1. The Morgan fingerprint density at radius 3 is 2.71 bits per heavy atom. The summed E-state index contributed by atoms with van der Waals surface area (Å²) in [5, 5.41) is 5.86. The third-order valence-electron chi connectivity index (χ3n) is 6.52. The zero-order valence-electron chi connectivity index (χ0n) is 16.1. The second-order valence-corrected chi connectivity index (χ2v) is 8.41. The summed E-state index contributed by atoms with van der Waals surface area (Å²) in [5.41, 5.74) is 8.88. The lowest BCUT2D eigenvalue weighted by Gasteiger charge is -2.29. The average Bonchev–Trinajstić information content (AvgIpc) is 3.28. The van der Waals surface area contributed by atoms with Crippen molar-refractivity contribution < 1.29 is 14.4 Å². The Hall–Kier alpha value is -2.25. The highest BCUT2D eigenvalue weighted by Crippen LogP contribution is 2.36. The number of hydrogen-bond donors (Lipinski definition) is 3. The fourth-order valence-corrected chi connectivity index (χ4v) is 4.76. The van der Waals surface area contributed by atoms with Crippen LogP contribution >= 0.6 is 0 Å². The highest BCUT2D eigenvalue weighted by molar-refractivity contribution is 6.05. The molecule has 1 atom stereocenters. The van der Waals surface area contributed by atoms with Crippen molar-refractivity contribution in [2.75, 3.05) is 13.1 Å². The van der Waals surface area contributed by atoms with E-state index in [1.807, 2.05) is 18.2 Å². The maximum atomic E-state index is 12.9. The Morgan fingerprint density at radius 2 is 2.00 bits per heavy atom. The van der Waals surface area contributed by atoms with Gasteiger partial charge in [0.05, 0.1) is 0 Å². The number of nitrogens with zero attached hydrogens (tertiary/aromatic N) is 1. The van der Waals surface area contributed by atoms with Crippen molar-refractivity contribution in [3.05, 3.63) is 34.9 Å². The Labute approximate surface area is 165 Å². The molecule has 1 aromatic rings. The molecule has 0 bridgehead atoms. The molecule has 7 heteroatoms. The lowest BCUT2D eigenvalue weighted by Crippen LogP contribution is -2.52. The van der Waals surface area contributed by atoms with Crippen LogP contribution in [0.25, 0.3) is 0 Å². The van der Waals surface area contributed by atoms with Crippen LogP contribution in [0, 0.1) is 5.41 Å². The summed E-state index contributed by atoms with van der Waals surface area (Å²) in [4.78, 5) is 38.0. The van der Waals surface area contributed by atoms with Gasteiger partial charge in [0.1, 0.15) is 6.04 Å². The van der Waals surface area contributed by atoms with Gasteiger partial charge < -0.3 is 16.0 Å². The Kier molecular flexibility index (Phi) is 5.21. The summed E-state index contributed by atoms with van der Waals surface area (Å²) in [6.07, 6.45) is 5.53. The van der Waals surface area contributed by atoms with Crippen molar-refractivity contribution in [3.8, 4) is 0 Å². The molecule has 0 radical (unpaired) electrons. The molecule has 3 aliphatic rings. The van der Waals surface area contributed by atoms with Gasteiger partial charge in [-0.2, -0.15) is 0 Å². The molecular weight excluding hydrogens is 356 g/mol. The van der Waals surface area contributed by atoms with Gasteiger partial charge in [0.25, 0.3) is 5.91 Å².